The van der Waals surface area contributed by atoms with Crippen LogP contribution in [0.1, 0.15) is 19.0 Å². The number of hydrogen-bond acceptors (Lipinski definition) is 6. The van der Waals surface area contributed by atoms with Crippen molar-refractivity contribution in [3.63, 3.8) is 0 Å². The van der Waals surface area contributed by atoms with Gasteiger partial charge >= 0.3 is 12.2 Å². The van der Waals surface area contributed by atoms with Crippen LogP contribution in [0.15, 0.2) is 22.2 Å². The summed E-state index contributed by atoms with van der Waals surface area (Å²) < 4.78 is 27.4. The van der Waals surface area contributed by atoms with E-state index in [1.54, 1.807) is 6.92 Å². The van der Waals surface area contributed by atoms with E-state index in [1.807, 2.05) is 0 Å². The average molecular weight is 309 g/mol. The number of nitrogens with two attached hydrogens (primary N) is 1. The van der Waals surface area contributed by atoms with Crippen molar-refractivity contribution in [3.8, 4) is 13.1 Å². The van der Waals surface area contributed by atoms with Crippen molar-refractivity contribution in [1.29, 1.82) is 10.5 Å². The summed E-state index contributed by atoms with van der Waals surface area (Å²) in [4.78, 5) is 15.8. The molecular weight excluding hydrogens is 296 g/mol. The van der Waals surface area contributed by atoms with Crippen LogP contribution in [0.3, 0.4) is 0 Å². The van der Waals surface area contributed by atoms with E-state index in [-0.39, 0.29) is 17.7 Å². The highest BCUT2D eigenvalue weighted by Gasteiger charge is 2.19. The van der Waals surface area contributed by atoms with Crippen LogP contribution in [-0.4, -0.2) is 20.3 Å². The van der Waals surface area contributed by atoms with Gasteiger partial charge in [0.1, 0.15) is 0 Å². The molecule has 0 aliphatic carbocycles. The van der Waals surface area contributed by atoms with Gasteiger partial charge in [-0.05, 0) is 13.0 Å². The summed E-state index contributed by atoms with van der Waals surface area (Å²) in [5, 5.41) is 16.3. The van der Waals surface area contributed by atoms with Gasteiger partial charge in [0.2, 0.25) is 0 Å². The molecule has 2 aromatic rings. The third-order valence-corrected chi connectivity index (χ3v) is 2.56. The SMILES string of the molecule is C#N.C#N.CCn1c(=O)n(C(F)F)c2cc(C=NN)cnc21. The Labute approximate surface area is 124 Å². The molecule has 0 aromatic carbocycles. The molecule has 0 unspecified atom stereocenters. The molecule has 0 fully saturated rings. The van der Waals surface area contributed by atoms with Crippen LogP contribution >= 0.6 is 0 Å². The predicted molar refractivity (Wildman–Crippen MR) is 76.0 cm³/mol. The Morgan fingerprint density at radius 2 is 2.05 bits per heavy atom. The lowest BCUT2D eigenvalue weighted by molar-refractivity contribution is 0.0703. The van der Waals surface area contributed by atoms with Gasteiger partial charge in [0.15, 0.2) is 5.65 Å². The van der Waals surface area contributed by atoms with E-state index < -0.39 is 12.2 Å². The van der Waals surface area contributed by atoms with E-state index in [0.29, 0.717) is 10.1 Å². The number of hydrogen-bond donors (Lipinski definition) is 1. The Balaban J connectivity index is 0.00000102. The first-order valence-corrected chi connectivity index (χ1v) is 5.74. The smallest absolute Gasteiger partial charge is 0.323 e. The molecule has 8 nitrogen and oxygen atoms in total. The minimum Gasteiger partial charge on any atom is -0.323 e. The molecule has 0 aliphatic heterocycles. The zero-order valence-corrected chi connectivity index (χ0v) is 11.6. The fraction of sp³-hybridized carbons (Fsp3) is 0.250. The maximum absolute atomic E-state index is 12.9. The summed E-state index contributed by atoms with van der Waals surface area (Å²) >= 11 is 0. The Morgan fingerprint density at radius 1 is 1.45 bits per heavy atom. The summed E-state index contributed by atoms with van der Waals surface area (Å²) in [6, 6.07) is 1.40. The van der Waals surface area contributed by atoms with Crippen LogP contribution in [0, 0.1) is 23.7 Å². The Morgan fingerprint density at radius 3 is 2.50 bits per heavy atom. The van der Waals surface area contributed by atoms with Gasteiger partial charge in [-0.2, -0.15) is 13.9 Å². The van der Waals surface area contributed by atoms with Crippen LogP contribution in [0.4, 0.5) is 8.78 Å². The summed E-state index contributed by atoms with van der Waals surface area (Å²) in [6.07, 6.45) is 2.69. The van der Waals surface area contributed by atoms with Crippen LogP contribution in [-0.2, 0) is 6.54 Å². The van der Waals surface area contributed by atoms with E-state index in [2.05, 4.69) is 23.2 Å². The van der Waals surface area contributed by atoms with Crippen molar-refractivity contribution in [3.05, 3.63) is 28.3 Å². The number of pyridine rings is 1. The fourth-order valence-electron chi connectivity index (χ4n) is 1.80. The number of aryl methyl sites for hydroxylation is 1. The summed E-state index contributed by atoms with van der Waals surface area (Å²) in [5.41, 5.74) is -0.0456. The van der Waals surface area contributed by atoms with Crippen molar-refractivity contribution in [2.24, 2.45) is 10.9 Å². The molecule has 10 heteroatoms. The first-order valence-electron chi connectivity index (χ1n) is 5.74. The third-order valence-electron chi connectivity index (χ3n) is 2.56. The van der Waals surface area contributed by atoms with Crippen molar-refractivity contribution in [2.75, 3.05) is 0 Å². The minimum atomic E-state index is -2.92. The van der Waals surface area contributed by atoms with Gasteiger partial charge in [-0.1, -0.05) is 0 Å². The molecule has 2 heterocycles. The lowest BCUT2D eigenvalue weighted by Crippen LogP contribution is -2.24. The molecule has 116 valence electrons. The summed E-state index contributed by atoms with van der Waals surface area (Å²) in [5.74, 6) is 4.98. The Bertz CT molecular complexity index is 736. The van der Waals surface area contributed by atoms with Crippen molar-refractivity contribution >= 4 is 17.4 Å². The van der Waals surface area contributed by atoms with Crippen molar-refractivity contribution < 1.29 is 8.78 Å². The largest absolute Gasteiger partial charge is 0.334 e. The maximum Gasteiger partial charge on any atom is 0.334 e. The molecule has 0 saturated heterocycles. The van der Waals surface area contributed by atoms with Gasteiger partial charge in [-0.25, -0.2) is 24.9 Å². The number of alkyl halides is 2. The number of halogens is 2. The summed E-state index contributed by atoms with van der Waals surface area (Å²) in [7, 11) is 0. The molecule has 2 N–H and O–H groups in total. The molecular formula is C12H13F2N7O. The van der Waals surface area contributed by atoms with Crippen molar-refractivity contribution in [2.45, 2.75) is 20.0 Å². The lowest BCUT2D eigenvalue weighted by atomic mass is 10.3. The molecule has 0 spiro atoms. The molecule has 0 amide bonds. The first-order chi connectivity index (χ1) is 10.6. The monoisotopic (exact) mass is 309 g/mol. The molecule has 0 atom stereocenters. The molecule has 0 aliphatic rings. The summed E-state index contributed by atoms with van der Waals surface area (Å²) in [6.45, 7) is 6.04. The van der Waals surface area contributed by atoms with Gasteiger partial charge in [-0.15, -0.1) is 0 Å². The van der Waals surface area contributed by atoms with E-state index in [4.69, 9.17) is 16.4 Å². The highest BCUT2D eigenvalue weighted by molar-refractivity contribution is 5.85. The van der Waals surface area contributed by atoms with E-state index in [0.717, 1.165) is 0 Å². The van der Waals surface area contributed by atoms with E-state index in [9.17, 15) is 13.6 Å². The standard InChI is InChI=1S/C10H11F2N5O.2CHN/c1-2-16-8-7(17(9(11)12)10(16)18)3-6(4-14-8)5-15-13;2*1-2/h3-5,9H,2,13H2,1H3;2*1H. The Kier molecular flexibility index (Phi) is 7.50. The van der Waals surface area contributed by atoms with Crippen molar-refractivity contribution in [1.82, 2.24) is 14.1 Å². The topological polar surface area (TPSA) is 126 Å². The zero-order valence-electron chi connectivity index (χ0n) is 11.6. The van der Waals surface area contributed by atoms with Gasteiger partial charge in [0.05, 0.1) is 11.7 Å². The lowest BCUT2D eigenvalue weighted by Gasteiger charge is -2.00. The molecule has 0 bridgehead atoms. The number of fused-ring (bicyclic) bond motifs is 1. The fourth-order valence-corrected chi connectivity index (χ4v) is 1.80. The highest BCUT2D eigenvalue weighted by atomic mass is 19.3. The highest BCUT2D eigenvalue weighted by Crippen LogP contribution is 2.18. The number of hydrazone groups is 1. The first kappa shape index (κ1) is 18.7. The molecule has 0 radical (unpaired) electrons. The molecule has 0 saturated carbocycles. The van der Waals surface area contributed by atoms with E-state index >= 15 is 0 Å². The van der Waals surface area contributed by atoms with E-state index in [1.165, 1.54) is 23.0 Å². The predicted octanol–water partition coefficient (Wildman–Crippen LogP) is 1.19. The second kappa shape index (κ2) is 8.81. The third kappa shape index (κ3) is 3.43. The number of imidazole rings is 1. The second-order valence-corrected chi connectivity index (χ2v) is 3.56. The normalized spacial score (nSPS) is 10.0. The number of rotatable bonds is 3. The van der Waals surface area contributed by atoms with Crippen LogP contribution < -0.4 is 11.5 Å². The Hall–Kier alpha value is -3.27. The number of nitriles is 2. The van der Waals surface area contributed by atoms with Gasteiger partial charge in [-0.3, -0.25) is 4.57 Å². The quantitative estimate of drug-likeness (QED) is 0.517. The van der Waals surface area contributed by atoms with Gasteiger partial charge in [0.25, 0.3) is 0 Å². The molecule has 22 heavy (non-hydrogen) atoms. The van der Waals surface area contributed by atoms with Crippen LogP contribution in [0.5, 0.6) is 0 Å². The molecule has 2 aromatic heterocycles. The molecule has 2 rings (SSSR count). The minimum absolute atomic E-state index is 0.0641. The van der Waals surface area contributed by atoms with Crippen LogP contribution in [0.25, 0.3) is 11.2 Å². The average Bonchev–Trinajstić information content (AvgIpc) is 2.82. The zero-order chi connectivity index (χ0) is 17.3. The van der Waals surface area contributed by atoms with Gasteiger partial charge in [0, 0.05) is 31.4 Å². The number of aromatic nitrogens is 3. The maximum atomic E-state index is 12.9. The number of nitrogens with zero attached hydrogens (tertiary/aromatic N) is 6. The second-order valence-electron chi connectivity index (χ2n) is 3.56. The van der Waals surface area contributed by atoms with Crippen LogP contribution in [0.2, 0.25) is 0 Å². The van der Waals surface area contributed by atoms with Gasteiger partial charge < -0.3 is 5.84 Å².